The molecule has 1 fully saturated rings. The van der Waals surface area contributed by atoms with E-state index < -0.39 is 10.0 Å². The molecule has 3 aromatic carbocycles. The summed E-state index contributed by atoms with van der Waals surface area (Å²) in [6.07, 6.45) is 0. The van der Waals surface area contributed by atoms with Crippen molar-refractivity contribution in [3.63, 3.8) is 0 Å². The van der Waals surface area contributed by atoms with Crippen LogP contribution < -0.4 is 14.4 Å². The Morgan fingerprint density at radius 2 is 1.71 bits per heavy atom. The molecule has 6 nitrogen and oxygen atoms in total. The number of fused-ring (bicyclic) bond motifs is 1. The predicted octanol–water partition coefficient (Wildman–Crippen LogP) is 5.58. The highest BCUT2D eigenvalue weighted by Crippen LogP contribution is 2.40. The summed E-state index contributed by atoms with van der Waals surface area (Å²) in [6.45, 7) is 4.10. The zero-order chi connectivity index (χ0) is 24.4. The maximum atomic E-state index is 13.0. The first-order valence-corrected chi connectivity index (χ1v) is 14.0. The van der Waals surface area contributed by atoms with Crippen molar-refractivity contribution in [3.05, 3.63) is 83.4 Å². The van der Waals surface area contributed by atoms with E-state index >= 15 is 0 Å². The highest BCUT2D eigenvalue weighted by molar-refractivity contribution is 7.91. The third kappa shape index (κ3) is 5.47. The fourth-order valence-corrected chi connectivity index (χ4v) is 6.79. The number of piperazine rings is 1. The van der Waals surface area contributed by atoms with Gasteiger partial charge in [0.1, 0.15) is 9.96 Å². The number of likely N-dealkylation sites (N-methyl/N-ethyl adjacent to an activating group) is 1. The highest BCUT2D eigenvalue weighted by atomic mass is 35.5. The zero-order valence-electron chi connectivity index (χ0n) is 19.3. The molecule has 9 heteroatoms. The van der Waals surface area contributed by atoms with Crippen LogP contribution in [0.5, 0.6) is 10.8 Å². The maximum absolute atomic E-state index is 13.0. The van der Waals surface area contributed by atoms with Crippen molar-refractivity contribution in [2.24, 2.45) is 0 Å². The molecule has 182 valence electrons. The molecule has 1 saturated heterocycles. The molecule has 1 aliphatic rings. The molecule has 35 heavy (non-hydrogen) atoms. The molecule has 1 aliphatic heterocycles. The molecule has 0 radical (unpaired) electrons. The number of halogens is 1. The van der Waals surface area contributed by atoms with Crippen molar-refractivity contribution in [1.82, 2.24) is 9.62 Å². The molecule has 0 unspecified atom stereocenters. The lowest BCUT2D eigenvalue weighted by Gasteiger charge is -2.34. The maximum Gasteiger partial charge on any atom is 0.250 e. The van der Waals surface area contributed by atoms with E-state index in [-0.39, 0.29) is 15.8 Å². The number of nitrogens with zero attached hydrogens (tertiary/aromatic N) is 2. The van der Waals surface area contributed by atoms with E-state index in [1.165, 1.54) is 6.07 Å². The molecule has 0 amide bonds. The van der Waals surface area contributed by atoms with Gasteiger partial charge in [0.15, 0.2) is 0 Å². The summed E-state index contributed by atoms with van der Waals surface area (Å²) in [5, 5.41) is 2.71. The fourth-order valence-electron chi connectivity index (χ4n) is 4.14. The second-order valence-corrected chi connectivity index (χ2v) is 12.0. The van der Waals surface area contributed by atoms with E-state index in [1.54, 1.807) is 0 Å². The Morgan fingerprint density at radius 1 is 0.971 bits per heavy atom. The van der Waals surface area contributed by atoms with Gasteiger partial charge in [-0.1, -0.05) is 71.5 Å². The van der Waals surface area contributed by atoms with Gasteiger partial charge in [-0.25, -0.2) is 13.1 Å². The van der Waals surface area contributed by atoms with E-state index in [1.807, 2.05) is 60.7 Å². The molecular formula is C26H26ClN3O3S2. The Hall–Kier alpha value is -2.62. The van der Waals surface area contributed by atoms with Crippen molar-refractivity contribution in [3.8, 4) is 10.8 Å². The number of hydrogen-bond acceptors (Lipinski definition) is 6. The Kier molecular flexibility index (Phi) is 7.00. The molecule has 0 atom stereocenters. The predicted molar refractivity (Wildman–Crippen MR) is 144 cm³/mol. The van der Waals surface area contributed by atoms with Crippen LogP contribution in [0.3, 0.4) is 0 Å². The third-order valence-electron chi connectivity index (χ3n) is 6.13. The number of nitrogens with one attached hydrogen (secondary N) is 1. The minimum Gasteiger partial charge on any atom is -0.445 e. The molecular weight excluding hydrogens is 502 g/mol. The lowest BCUT2D eigenvalue weighted by atomic mass is 10.1. The van der Waals surface area contributed by atoms with E-state index in [9.17, 15) is 8.42 Å². The summed E-state index contributed by atoms with van der Waals surface area (Å²) in [5.41, 5.74) is 1.99. The Bertz CT molecular complexity index is 1440. The average molecular weight is 528 g/mol. The lowest BCUT2D eigenvalue weighted by Crippen LogP contribution is -2.44. The van der Waals surface area contributed by atoms with Crippen molar-refractivity contribution < 1.29 is 13.2 Å². The number of sulfonamides is 1. The summed E-state index contributed by atoms with van der Waals surface area (Å²) >= 11 is 7.39. The standard InChI is InChI=1S/C26H26ClN3O3S2/c1-29-12-14-30(15-13-29)21-9-5-10-22(16-21)33-26-24(27)17-25(34-26)35(31,32)28-18-20-8-4-7-19-6-2-3-11-23(19)20/h2-11,16-17,28H,12-15,18H2,1H3. The van der Waals surface area contributed by atoms with Crippen molar-refractivity contribution in [2.75, 3.05) is 38.1 Å². The molecule has 0 spiro atoms. The van der Waals surface area contributed by atoms with Gasteiger partial charge in [-0.2, -0.15) is 0 Å². The first-order chi connectivity index (χ1) is 16.9. The van der Waals surface area contributed by atoms with Crippen LogP contribution in [0.2, 0.25) is 5.02 Å². The highest BCUT2D eigenvalue weighted by Gasteiger charge is 2.22. The normalized spacial score (nSPS) is 15.0. The Morgan fingerprint density at radius 3 is 2.54 bits per heavy atom. The molecule has 2 heterocycles. The number of anilines is 1. The van der Waals surface area contributed by atoms with Crippen LogP contribution in [0.1, 0.15) is 5.56 Å². The number of thiophene rings is 1. The molecule has 4 aromatic rings. The van der Waals surface area contributed by atoms with Gasteiger partial charge in [-0.05, 0) is 41.6 Å². The van der Waals surface area contributed by atoms with Crippen LogP contribution in [0.4, 0.5) is 5.69 Å². The summed E-state index contributed by atoms with van der Waals surface area (Å²) in [6, 6.07) is 23.0. The lowest BCUT2D eigenvalue weighted by molar-refractivity contribution is 0.313. The summed E-state index contributed by atoms with van der Waals surface area (Å²) in [5.74, 6) is 0.623. The quantitative estimate of drug-likeness (QED) is 0.340. The minimum absolute atomic E-state index is 0.118. The average Bonchev–Trinajstić information content (AvgIpc) is 3.24. The number of ether oxygens (including phenoxy) is 1. The molecule has 0 saturated carbocycles. The first kappa shape index (κ1) is 24.1. The smallest absolute Gasteiger partial charge is 0.250 e. The number of benzene rings is 3. The van der Waals surface area contributed by atoms with Gasteiger partial charge in [0.2, 0.25) is 5.06 Å². The van der Waals surface area contributed by atoms with E-state index in [4.69, 9.17) is 16.3 Å². The van der Waals surface area contributed by atoms with Gasteiger partial charge in [0, 0.05) is 44.5 Å². The first-order valence-electron chi connectivity index (χ1n) is 11.4. The SMILES string of the molecule is CN1CCN(c2cccc(Oc3sc(S(=O)(=O)NCc4cccc5ccccc45)cc3Cl)c2)CC1. The monoisotopic (exact) mass is 527 g/mol. The second kappa shape index (κ2) is 10.2. The van der Waals surface area contributed by atoms with E-state index in [0.717, 1.165) is 59.5 Å². The van der Waals surface area contributed by atoms with Gasteiger partial charge >= 0.3 is 0 Å². The second-order valence-electron chi connectivity index (χ2n) is 8.55. The summed E-state index contributed by atoms with van der Waals surface area (Å²) in [4.78, 5) is 4.62. The van der Waals surface area contributed by atoms with Crippen LogP contribution in [-0.4, -0.2) is 46.5 Å². The van der Waals surface area contributed by atoms with Crippen molar-refractivity contribution in [1.29, 1.82) is 0 Å². The zero-order valence-corrected chi connectivity index (χ0v) is 21.7. The van der Waals surface area contributed by atoms with Crippen molar-refractivity contribution in [2.45, 2.75) is 10.8 Å². The van der Waals surface area contributed by atoms with Crippen LogP contribution in [-0.2, 0) is 16.6 Å². The molecule has 0 bridgehead atoms. The van der Waals surface area contributed by atoms with Crippen LogP contribution >= 0.6 is 22.9 Å². The Labute approximate surface area is 214 Å². The fraction of sp³-hybridized carbons (Fsp3) is 0.231. The molecule has 1 aromatic heterocycles. The van der Waals surface area contributed by atoms with Crippen molar-refractivity contribution >= 4 is 49.4 Å². The summed E-state index contributed by atoms with van der Waals surface area (Å²) in [7, 11) is -1.64. The molecule has 0 aliphatic carbocycles. The van der Waals surface area contributed by atoms with Crippen LogP contribution in [0.15, 0.2) is 77.0 Å². The van der Waals surface area contributed by atoms with Crippen LogP contribution in [0, 0.1) is 0 Å². The topological polar surface area (TPSA) is 61.9 Å². The van der Waals surface area contributed by atoms with Gasteiger partial charge < -0.3 is 14.5 Å². The van der Waals surface area contributed by atoms with Gasteiger partial charge in [-0.15, -0.1) is 0 Å². The van der Waals surface area contributed by atoms with Crippen LogP contribution in [0.25, 0.3) is 10.8 Å². The molecule has 1 N–H and O–H groups in total. The number of rotatable bonds is 7. The minimum atomic E-state index is -3.76. The Balaban J connectivity index is 1.30. The van der Waals surface area contributed by atoms with Gasteiger partial charge in [0.25, 0.3) is 10.0 Å². The largest absolute Gasteiger partial charge is 0.445 e. The van der Waals surface area contributed by atoms with E-state index in [0.29, 0.717) is 10.8 Å². The van der Waals surface area contributed by atoms with E-state index in [2.05, 4.69) is 27.6 Å². The number of hydrogen-bond donors (Lipinski definition) is 1. The van der Waals surface area contributed by atoms with Gasteiger partial charge in [-0.3, -0.25) is 0 Å². The summed E-state index contributed by atoms with van der Waals surface area (Å²) < 4.78 is 34.9. The van der Waals surface area contributed by atoms with Gasteiger partial charge in [0.05, 0.1) is 5.02 Å². The third-order valence-corrected chi connectivity index (χ3v) is 9.41. The molecule has 5 rings (SSSR count).